The third-order valence-electron chi connectivity index (χ3n) is 4.25. The number of benzene rings is 1. The number of hydrogen-bond acceptors (Lipinski definition) is 4. The number of piperazine rings is 1. The Morgan fingerprint density at radius 3 is 2.83 bits per heavy atom. The molecule has 1 aliphatic rings. The molecule has 2 aromatic rings. The fourth-order valence-corrected chi connectivity index (χ4v) is 3.20. The third-order valence-corrected chi connectivity index (χ3v) is 4.25. The number of amides is 1. The van der Waals surface area contributed by atoms with Crippen LogP contribution in [0.4, 0.5) is 5.82 Å². The Labute approximate surface area is 143 Å². The van der Waals surface area contributed by atoms with Gasteiger partial charge in [-0.3, -0.25) is 4.79 Å². The average molecular weight is 324 g/mol. The summed E-state index contributed by atoms with van der Waals surface area (Å²) in [5.74, 6) is 1.72. The zero-order valence-electron chi connectivity index (χ0n) is 14.3. The molecule has 0 unspecified atom stereocenters. The lowest BCUT2D eigenvalue weighted by Gasteiger charge is -2.35. The van der Waals surface area contributed by atoms with E-state index in [-0.39, 0.29) is 11.9 Å². The summed E-state index contributed by atoms with van der Waals surface area (Å²) in [6.07, 6.45) is 4.69. The van der Waals surface area contributed by atoms with Crippen LogP contribution in [0.3, 0.4) is 0 Å². The van der Waals surface area contributed by atoms with Crippen molar-refractivity contribution in [2.24, 2.45) is 0 Å². The normalized spacial score (nSPS) is 17.7. The minimum atomic E-state index is 0.0564. The molecule has 1 aromatic carbocycles. The zero-order valence-corrected chi connectivity index (χ0v) is 14.3. The molecule has 1 amide bonds. The lowest BCUT2D eigenvalue weighted by Crippen LogP contribution is -2.55. The second-order valence-electron chi connectivity index (χ2n) is 6.35. The van der Waals surface area contributed by atoms with Gasteiger partial charge in [-0.2, -0.15) is 0 Å². The molecule has 1 saturated heterocycles. The van der Waals surface area contributed by atoms with Crippen LogP contribution in [0.2, 0.25) is 0 Å². The second-order valence-corrected chi connectivity index (χ2v) is 6.35. The van der Waals surface area contributed by atoms with E-state index in [2.05, 4.69) is 39.2 Å². The second kappa shape index (κ2) is 7.43. The molecule has 0 spiro atoms. The summed E-state index contributed by atoms with van der Waals surface area (Å²) in [4.78, 5) is 23.3. The van der Waals surface area contributed by atoms with Gasteiger partial charge in [0.2, 0.25) is 5.91 Å². The molecule has 3 rings (SSSR count). The predicted molar refractivity (Wildman–Crippen MR) is 95.1 cm³/mol. The average Bonchev–Trinajstić information content (AvgIpc) is 2.57. The van der Waals surface area contributed by atoms with Gasteiger partial charge in [-0.1, -0.05) is 43.7 Å². The molecular formula is C19H24N4O. The summed E-state index contributed by atoms with van der Waals surface area (Å²) in [7, 11) is 0. The molecule has 0 aliphatic carbocycles. The van der Waals surface area contributed by atoms with Crippen molar-refractivity contribution in [1.82, 2.24) is 15.3 Å². The Morgan fingerprint density at radius 2 is 2.08 bits per heavy atom. The minimum Gasteiger partial charge on any atom is -0.350 e. The van der Waals surface area contributed by atoms with Crippen LogP contribution in [0.1, 0.15) is 30.3 Å². The number of carbonyl (C=O) groups excluding carboxylic acids is 1. The highest BCUT2D eigenvalue weighted by Gasteiger charge is 2.27. The molecule has 1 fully saturated rings. The van der Waals surface area contributed by atoms with Gasteiger partial charge >= 0.3 is 0 Å². The number of aromatic nitrogens is 2. The monoisotopic (exact) mass is 324 g/mol. The highest BCUT2D eigenvalue weighted by Crippen LogP contribution is 2.21. The predicted octanol–water partition coefficient (Wildman–Crippen LogP) is 2.29. The van der Waals surface area contributed by atoms with Gasteiger partial charge in [0, 0.05) is 18.3 Å². The van der Waals surface area contributed by atoms with E-state index >= 15 is 0 Å². The maximum atomic E-state index is 12.2. The van der Waals surface area contributed by atoms with Gasteiger partial charge in [-0.15, -0.1) is 0 Å². The van der Waals surface area contributed by atoms with E-state index in [4.69, 9.17) is 0 Å². The summed E-state index contributed by atoms with van der Waals surface area (Å²) in [6, 6.07) is 10.4. The Morgan fingerprint density at radius 1 is 1.29 bits per heavy atom. The molecule has 1 aliphatic heterocycles. The number of nitrogens with one attached hydrogen (secondary N) is 1. The number of nitrogens with zero attached hydrogens (tertiary/aromatic N) is 3. The number of carbonyl (C=O) groups is 1. The molecule has 0 bridgehead atoms. The van der Waals surface area contributed by atoms with Gasteiger partial charge in [0.15, 0.2) is 0 Å². The van der Waals surface area contributed by atoms with Crippen molar-refractivity contribution in [2.75, 3.05) is 18.0 Å². The van der Waals surface area contributed by atoms with Crippen molar-refractivity contribution in [3.8, 4) is 0 Å². The van der Waals surface area contributed by atoms with E-state index in [1.54, 1.807) is 0 Å². The van der Waals surface area contributed by atoms with Crippen LogP contribution in [-0.4, -0.2) is 35.0 Å². The van der Waals surface area contributed by atoms with E-state index in [1.165, 1.54) is 5.56 Å². The van der Waals surface area contributed by atoms with E-state index in [1.807, 2.05) is 31.3 Å². The molecule has 1 atom stereocenters. The molecule has 0 radical (unpaired) electrons. The first-order valence-electron chi connectivity index (χ1n) is 8.56. The number of aryl methyl sites for hydroxylation is 2. The van der Waals surface area contributed by atoms with Gasteiger partial charge in [-0.05, 0) is 25.3 Å². The van der Waals surface area contributed by atoms with Crippen LogP contribution >= 0.6 is 0 Å². The minimum absolute atomic E-state index is 0.0564. The Bertz CT molecular complexity index is 702. The summed E-state index contributed by atoms with van der Waals surface area (Å²) >= 11 is 0. The molecule has 24 heavy (non-hydrogen) atoms. The van der Waals surface area contributed by atoms with Crippen molar-refractivity contribution in [3.05, 3.63) is 53.5 Å². The topological polar surface area (TPSA) is 58.1 Å². The Hall–Kier alpha value is -2.43. The van der Waals surface area contributed by atoms with Crippen molar-refractivity contribution < 1.29 is 4.79 Å². The number of anilines is 1. The van der Waals surface area contributed by atoms with Gasteiger partial charge in [-0.25, -0.2) is 9.97 Å². The largest absolute Gasteiger partial charge is 0.350 e. The molecule has 1 aromatic heterocycles. The van der Waals surface area contributed by atoms with Crippen LogP contribution < -0.4 is 10.2 Å². The molecule has 5 nitrogen and oxygen atoms in total. The van der Waals surface area contributed by atoms with Crippen LogP contribution in [0, 0.1) is 6.92 Å². The quantitative estimate of drug-likeness (QED) is 0.917. The van der Waals surface area contributed by atoms with E-state index in [9.17, 15) is 4.79 Å². The fourth-order valence-electron chi connectivity index (χ4n) is 3.20. The van der Waals surface area contributed by atoms with Crippen LogP contribution in [-0.2, 0) is 17.6 Å². The molecule has 2 heterocycles. The van der Waals surface area contributed by atoms with Gasteiger partial charge in [0.25, 0.3) is 0 Å². The Kier molecular flexibility index (Phi) is 5.08. The van der Waals surface area contributed by atoms with Gasteiger partial charge in [0.1, 0.15) is 11.6 Å². The standard InChI is InChI=1S/C19H24N4O/c1-3-7-16-11-20-14(2)21-19(16)23-12-17(22-18(24)13-23)10-15-8-5-4-6-9-15/h4-6,8-9,11,17H,3,7,10,12-13H2,1-2H3,(H,22,24)/t17-/m0/s1. The van der Waals surface area contributed by atoms with E-state index in [0.29, 0.717) is 6.54 Å². The molecule has 1 N–H and O–H groups in total. The SMILES string of the molecule is CCCc1cnc(C)nc1N1CC(=O)N[C@@H](Cc2ccccc2)C1. The molecular weight excluding hydrogens is 300 g/mol. The van der Waals surface area contributed by atoms with E-state index in [0.717, 1.165) is 43.0 Å². The summed E-state index contributed by atoms with van der Waals surface area (Å²) in [6.45, 7) is 5.17. The summed E-state index contributed by atoms with van der Waals surface area (Å²) in [5.41, 5.74) is 2.36. The highest BCUT2D eigenvalue weighted by molar-refractivity contribution is 5.83. The smallest absolute Gasteiger partial charge is 0.239 e. The van der Waals surface area contributed by atoms with Crippen molar-refractivity contribution in [2.45, 2.75) is 39.2 Å². The lowest BCUT2D eigenvalue weighted by molar-refractivity contribution is -0.121. The zero-order chi connectivity index (χ0) is 16.9. The number of hydrogen-bond donors (Lipinski definition) is 1. The highest BCUT2D eigenvalue weighted by atomic mass is 16.2. The fraction of sp³-hybridized carbons (Fsp3) is 0.421. The summed E-state index contributed by atoms with van der Waals surface area (Å²) < 4.78 is 0. The summed E-state index contributed by atoms with van der Waals surface area (Å²) in [5, 5.41) is 3.11. The molecule has 5 heteroatoms. The Balaban J connectivity index is 1.81. The molecule has 0 saturated carbocycles. The van der Waals surface area contributed by atoms with E-state index < -0.39 is 0 Å². The lowest BCUT2D eigenvalue weighted by atomic mass is 10.0. The van der Waals surface area contributed by atoms with Crippen LogP contribution in [0.5, 0.6) is 0 Å². The third kappa shape index (κ3) is 3.91. The first-order valence-corrected chi connectivity index (χ1v) is 8.56. The van der Waals surface area contributed by atoms with Crippen molar-refractivity contribution in [1.29, 1.82) is 0 Å². The number of rotatable bonds is 5. The first-order chi connectivity index (χ1) is 11.7. The van der Waals surface area contributed by atoms with Crippen molar-refractivity contribution in [3.63, 3.8) is 0 Å². The first kappa shape index (κ1) is 16.4. The van der Waals surface area contributed by atoms with Gasteiger partial charge in [0.05, 0.1) is 12.6 Å². The maximum Gasteiger partial charge on any atom is 0.239 e. The maximum absolute atomic E-state index is 12.2. The van der Waals surface area contributed by atoms with Gasteiger partial charge < -0.3 is 10.2 Å². The van der Waals surface area contributed by atoms with Crippen LogP contribution in [0.25, 0.3) is 0 Å². The molecule has 126 valence electrons. The van der Waals surface area contributed by atoms with Crippen molar-refractivity contribution >= 4 is 11.7 Å². The van der Waals surface area contributed by atoms with Crippen LogP contribution in [0.15, 0.2) is 36.5 Å².